The minimum atomic E-state index is -0.445. The van der Waals surface area contributed by atoms with Gasteiger partial charge in [0, 0.05) is 13.7 Å². The lowest BCUT2D eigenvalue weighted by Crippen LogP contribution is -2.32. The van der Waals surface area contributed by atoms with Crippen molar-refractivity contribution in [2.75, 3.05) is 27.4 Å². The Labute approximate surface area is 115 Å². The molecule has 0 aromatic heterocycles. The minimum Gasteiger partial charge on any atom is -0.468 e. The van der Waals surface area contributed by atoms with Gasteiger partial charge in [-0.05, 0) is 43.0 Å². The van der Waals surface area contributed by atoms with Gasteiger partial charge in [-0.2, -0.15) is 0 Å². The Morgan fingerprint density at radius 1 is 1.16 bits per heavy atom. The molecule has 1 rings (SSSR count). The average molecular weight is 265 g/mol. The normalized spacial score (nSPS) is 12.3. The van der Waals surface area contributed by atoms with Gasteiger partial charge in [0.2, 0.25) is 0 Å². The topological polar surface area (TPSA) is 47.6 Å². The largest absolute Gasteiger partial charge is 0.468 e. The molecule has 0 aliphatic carbocycles. The van der Waals surface area contributed by atoms with Crippen LogP contribution in [0.1, 0.15) is 28.3 Å². The number of rotatable bonds is 6. The molecule has 0 spiro atoms. The van der Waals surface area contributed by atoms with Crippen molar-refractivity contribution in [2.24, 2.45) is 0 Å². The maximum absolute atomic E-state index is 11.9. The van der Waals surface area contributed by atoms with Crippen molar-refractivity contribution in [2.45, 2.75) is 26.8 Å². The molecular formula is C15H23NO3. The Balaban J connectivity index is 3.03. The Hall–Kier alpha value is -1.39. The van der Waals surface area contributed by atoms with Crippen LogP contribution < -0.4 is 5.32 Å². The lowest BCUT2D eigenvalue weighted by atomic mass is 9.95. The highest BCUT2D eigenvalue weighted by molar-refractivity contribution is 5.78. The van der Waals surface area contributed by atoms with Gasteiger partial charge in [0.05, 0.1) is 13.7 Å². The van der Waals surface area contributed by atoms with Crippen LogP contribution in [0, 0.1) is 20.8 Å². The molecule has 1 atom stereocenters. The highest BCUT2D eigenvalue weighted by Gasteiger charge is 2.22. The first-order valence-electron chi connectivity index (χ1n) is 6.39. The Morgan fingerprint density at radius 2 is 1.79 bits per heavy atom. The van der Waals surface area contributed by atoms with Crippen molar-refractivity contribution < 1.29 is 14.3 Å². The summed E-state index contributed by atoms with van der Waals surface area (Å²) in [6.07, 6.45) is 0. The zero-order chi connectivity index (χ0) is 14.4. The van der Waals surface area contributed by atoms with Gasteiger partial charge in [-0.3, -0.25) is 5.32 Å². The molecular weight excluding hydrogens is 242 g/mol. The van der Waals surface area contributed by atoms with Crippen LogP contribution in [0.4, 0.5) is 0 Å². The summed E-state index contributed by atoms with van der Waals surface area (Å²) in [6, 6.07) is 3.70. The van der Waals surface area contributed by atoms with E-state index in [1.54, 1.807) is 7.11 Å². The quantitative estimate of drug-likeness (QED) is 0.632. The fourth-order valence-corrected chi connectivity index (χ4v) is 2.04. The smallest absolute Gasteiger partial charge is 0.327 e. The molecule has 1 N–H and O–H groups in total. The molecule has 0 heterocycles. The molecule has 0 saturated carbocycles. The molecule has 19 heavy (non-hydrogen) atoms. The molecule has 0 saturated heterocycles. The van der Waals surface area contributed by atoms with Crippen LogP contribution in [0.5, 0.6) is 0 Å². The number of ether oxygens (including phenoxy) is 2. The molecule has 1 aromatic carbocycles. The summed E-state index contributed by atoms with van der Waals surface area (Å²) >= 11 is 0. The number of hydrogen-bond acceptors (Lipinski definition) is 4. The third kappa shape index (κ3) is 4.04. The van der Waals surface area contributed by atoms with Gasteiger partial charge < -0.3 is 9.47 Å². The van der Waals surface area contributed by atoms with Crippen molar-refractivity contribution in [1.29, 1.82) is 0 Å². The summed E-state index contributed by atoms with van der Waals surface area (Å²) < 4.78 is 9.88. The fourth-order valence-electron chi connectivity index (χ4n) is 2.04. The number of methoxy groups -OCH3 is 2. The first kappa shape index (κ1) is 15.7. The van der Waals surface area contributed by atoms with Gasteiger partial charge in [-0.25, -0.2) is 4.79 Å². The predicted octanol–water partition coefficient (Wildman–Crippen LogP) is 2.06. The summed E-state index contributed by atoms with van der Waals surface area (Å²) in [5, 5.41) is 3.18. The molecule has 0 aliphatic rings. The lowest BCUT2D eigenvalue weighted by molar-refractivity contribution is -0.143. The molecule has 0 bridgehead atoms. The molecule has 0 radical (unpaired) electrons. The highest BCUT2D eigenvalue weighted by atomic mass is 16.5. The first-order valence-corrected chi connectivity index (χ1v) is 6.39. The van der Waals surface area contributed by atoms with E-state index in [-0.39, 0.29) is 5.97 Å². The zero-order valence-corrected chi connectivity index (χ0v) is 12.4. The van der Waals surface area contributed by atoms with Crippen molar-refractivity contribution in [3.63, 3.8) is 0 Å². The molecule has 4 heteroatoms. The van der Waals surface area contributed by atoms with Crippen LogP contribution >= 0.6 is 0 Å². The van der Waals surface area contributed by atoms with Crippen LogP contribution in [0.3, 0.4) is 0 Å². The predicted molar refractivity (Wildman–Crippen MR) is 75.3 cm³/mol. The average Bonchev–Trinajstić information content (AvgIpc) is 2.39. The Kier molecular flexibility index (Phi) is 5.99. The second kappa shape index (κ2) is 7.26. The van der Waals surface area contributed by atoms with Crippen molar-refractivity contribution >= 4 is 5.97 Å². The highest BCUT2D eigenvalue weighted by Crippen LogP contribution is 2.22. The van der Waals surface area contributed by atoms with Gasteiger partial charge in [0.15, 0.2) is 0 Å². The standard InChI is InChI=1S/C15H23NO3/c1-10-8-12(3)13(9-11(10)2)14(15(17)19-5)16-6-7-18-4/h8-9,14,16H,6-7H2,1-5H3. The molecule has 1 aromatic rings. The second-order valence-corrected chi connectivity index (χ2v) is 4.70. The van der Waals surface area contributed by atoms with Crippen LogP contribution in [0.25, 0.3) is 0 Å². The third-order valence-electron chi connectivity index (χ3n) is 3.28. The van der Waals surface area contributed by atoms with E-state index in [4.69, 9.17) is 9.47 Å². The summed E-state index contributed by atoms with van der Waals surface area (Å²) in [6.45, 7) is 7.27. The van der Waals surface area contributed by atoms with Gasteiger partial charge in [0.1, 0.15) is 6.04 Å². The van der Waals surface area contributed by atoms with Crippen LogP contribution in [0.15, 0.2) is 12.1 Å². The number of aryl methyl sites for hydroxylation is 3. The molecule has 1 unspecified atom stereocenters. The van der Waals surface area contributed by atoms with Crippen molar-refractivity contribution in [3.8, 4) is 0 Å². The number of benzene rings is 1. The fraction of sp³-hybridized carbons (Fsp3) is 0.533. The third-order valence-corrected chi connectivity index (χ3v) is 3.28. The van der Waals surface area contributed by atoms with E-state index in [2.05, 4.69) is 18.3 Å². The molecule has 4 nitrogen and oxygen atoms in total. The SMILES string of the molecule is COCCNC(C(=O)OC)c1cc(C)c(C)cc1C. The maximum Gasteiger partial charge on any atom is 0.327 e. The van der Waals surface area contributed by atoms with Crippen LogP contribution in [-0.4, -0.2) is 33.3 Å². The summed E-state index contributed by atoms with van der Waals surface area (Å²) in [7, 11) is 3.04. The van der Waals surface area contributed by atoms with Crippen molar-refractivity contribution in [1.82, 2.24) is 5.32 Å². The van der Waals surface area contributed by atoms with Crippen LogP contribution in [-0.2, 0) is 14.3 Å². The number of carbonyl (C=O) groups is 1. The maximum atomic E-state index is 11.9. The Morgan fingerprint density at radius 3 is 2.37 bits per heavy atom. The summed E-state index contributed by atoms with van der Waals surface area (Å²) in [5.74, 6) is -0.276. The van der Waals surface area contributed by atoms with E-state index in [0.29, 0.717) is 13.2 Å². The van der Waals surface area contributed by atoms with E-state index < -0.39 is 6.04 Å². The van der Waals surface area contributed by atoms with Gasteiger partial charge in [0.25, 0.3) is 0 Å². The Bertz CT molecular complexity index is 443. The summed E-state index contributed by atoms with van der Waals surface area (Å²) in [4.78, 5) is 11.9. The monoisotopic (exact) mass is 265 g/mol. The zero-order valence-electron chi connectivity index (χ0n) is 12.4. The minimum absolute atomic E-state index is 0.276. The van der Waals surface area contributed by atoms with E-state index in [1.807, 2.05) is 19.9 Å². The first-order chi connectivity index (χ1) is 9.01. The number of hydrogen-bond donors (Lipinski definition) is 1. The van der Waals surface area contributed by atoms with E-state index in [1.165, 1.54) is 18.2 Å². The van der Waals surface area contributed by atoms with Gasteiger partial charge in [-0.1, -0.05) is 12.1 Å². The lowest BCUT2D eigenvalue weighted by Gasteiger charge is -2.20. The van der Waals surface area contributed by atoms with Gasteiger partial charge in [-0.15, -0.1) is 0 Å². The van der Waals surface area contributed by atoms with E-state index >= 15 is 0 Å². The number of carbonyl (C=O) groups excluding carboxylic acids is 1. The molecule has 0 amide bonds. The number of esters is 1. The second-order valence-electron chi connectivity index (χ2n) is 4.70. The molecule has 0 fully saturated rings. The molecule has 0 aliphatic heterocycles. The summed E-state index contributed by atoms with van der Waals surface area (Å²) in [5.41, 5.74) is 4.44. The molecule has 106 valence electrons. The van der Waals surface area contributed by atoms with Crippen molar-refractivity contribution in [3.05, 3.63) is 34.4 Å². The van der Waals surface area contributed by atoms with E-state index in [9.17, 15) is 4.79 Å². The van der Waals surface area contributed by atoms with Gasteiger partial charge >= 0.3 is 5.97 Å². The number of nitrogens with one attached hydrogen (secondary N) is 1. The van der Waals surface area contributed by atoms with Crippen LogP contribution in [0.2, 0.25) is 0 Å². The van der Waals surface area contributed by atoms with E-state index in [0.717, 1.165) is 11.1 Å².